The van der Waals surface area contributed by atoms with E-state index in [0.717, 1.165) is 0 Å². The zero-order valence-electron chi connectivity index (χ0n) is 15.9. The number of Topliss-reactive ketones (excluding diaryl/α,β-unsaturated/α-hetero) is 1. The van der Waals surface area contributed by atoms with E-state index in [1.807, 2.05) is 0 Å². The number of hydrogen-bond acceptors (Lipinski definition) is 6. The van der Waals surface area contributed by atoms with Gasteiger partial charge in [0.2, 0.25) is 5.78 Å². The highest BCUT2D eigenvalue weighted by Crippen LogP contribution is 2.43. The largest absolute Gasteiger partial charge is 0.503 e. The molecule has 1 unspecified atom stereocenters. The third kappa shape index (κ3) is 3.15. The molecule has 3 heterocycles. The Morgan fingerprint density at radius 3 is 2.41 bits per heavy atom. The van der Waals surface area contributed by atoms with Crippen molar-refractivity contribution in [2.75, 3.05) is 4.90 Å². The number of ketones is 1. The number of halogens is 1. The van der Waals surface area contributed by atoms with Crippen LogP contribution < -0.4 is 4.90 Å². The maximum atomic E-state index is 13.4. The molecule has 29 heavy (non-hydrogen) atoms. The van der Waals surface area contributed by atoms with Crippen LogP contribution >= 0.6 is 11.3 Å². The monoisotopic (exact) mass is 412 g/mol. The summed E-state index contributed by atoms with van der Waals surface area (Å²) in [6, 6.07) is 7.64. The second-order valence-electron chi connectivity index (χ2n) is 6.74. The summed E-state index contributed by atoms with van der Waals surface area (Å²) in [5.74, 6) is -1.43. The molecular weight excluding hydrogens is 395 g/mol. The molecule has 0 radical (unpaired) electrons. The van der Waals surface area contributed by atoms with Crippen LogP contribution in [0.5, 0.6) is 0 Å². The fourth-order valence-corrected chi connectivity index (χ4v) is 4.31. The zero-order valence-corrected chi connectivity index (χ0v) is 16.7. The SMILES string of the molecule is Cc1ccc(C2C(C(=O)c3sc(C)nc3C)=C(O)C(=O)N2c2ccc(F)cc2)o1. The van der Waals surface area contributed by atoms with Gasteiger partial charge in [0, 0.05) is 5.69 Å². The van der Waals surface area contributed by atoms with Crippen LogP contribution in [0.4, 0.5) is 10.1 Å². The molecule has 0 fully saturated rings. The van der Waals surface area contributed by atoms with Crippen molar-refractivity contribution >= 4 is 28.7 Å². The van der Waals surface area contributed by atoms with Crippen molar-refractivity contribution in [3.05, 3.63) is 80.6 Å². The van der Waals surface area contributed by atoms with Crippen molar-refractivity contribution in [3.8, 4) is 0 Å². The van der Waals surface area contributed by atoms with Crippen LogP contribution in [0.2, 0.25) is 0 Å². The number of hydrogen-bond donors (Lipinski definition) is 1. The lowest BCUT2D eigenvalue weighted by atomic mass is 9.99. The van der Waals surface area contributed by atoms with Gasteiger partial charge in [0.15, 0.2) is 5.76 Å². The van der Waals surface area contributed by atoms with Crippen LogP contribution in [0.3, 0.4) is 0 Å². The van der Waals surface area contributed by atoms with Crippen LogP contribution in [0, 0.1) is 26.6 Å². The van der Waals surface area contributed by atoms with E-state index in [9.17, 15) is 19.1 Å². The molecule has 1 aliphatic heterocycles. The first-order chi connectivity index (χ1) is 13.8. The van der Waals surface area contributed by atoms with Gasteiger partial charge in [-0.05, 0) is 57.2 Å². The summed E-state index contributed by atoms with van der Waals surface area (Å²) in [4.78, 5) is 32.1. The molecule has 0 saturated heterocycles. The van der Waals surface area contributed by atoms with Crippen LogP contribution in [0.25, 0.3) is 0 Å². The van der Waals surface area contributed by atoms with Crippen molar-refractivity contribution < 1.29 is 23.5 Å². The fraction of sp³-hybridized carbons (Fsp3) is 0.190. The number of aliphatic hydroxyl groups is 1. The zero-order chi connectivity index (χ0) is 20.9. The number of furan rings is 1. The summed E-state index contributed by atoms with van der Waals surface area (Å²) in [6.07, 6.45) is 0. The van der Waals surface area contributed by atoms with Crippen molar-refractivity contribution in [2.45, 2.75) is 26.8 Å². The van der Waals surface area contributed by atoms with E-state index in [4.69, 9.17) is 4.42 Å². The molecule has 0 saturated carbocycles. The number of benzene rings is 1. The number of amides is 1. The molecule has 4 rings (SSSR count). The molecule has 0 bridgehead atoms. The number of aliphatic hydroxyl groups excluding tert-OH is 1. The molecule has 1 amide bonds. The molecule has 1 aliphatic rings. The van der Waals surface area contributed by atoms with Gasteiger partial charge in [-0.3, -0.25) is 14.5 Å². The third-order valence-electron chi connectivity index (χ3n) is 4.70. The lowest BCUT2D eigenvalue weighted by Gasteiger charge is -2.24. The van der Waals surface area contributed by atoms with Gasteiger partial charge in [-0.2, -0.15) is 0 Å². The first kappa shape index (κ1) is 19.1. The molecule has 6 nitrogen and oxygen atoms in total. The Morgan fingerprint density at radius 1 is 1.17 bits per heavy atom. The van der Waals surface area contributed by atoms with Crippen LogP contribution in [-0.2, 0) is 4.79 Å². The minimum absolute atomic E-state index is 0.0829. The second kappa shape index (κ2) is 6.97. The van der Waals surface area contributed by atoms with Crippen molar-refractivity contribution in [1.82, 2.24) is 4.98 Å². The maximum Gasteiger partial charge on any atom is 0.294 e. The van der Waals surface area contributed by atoms with Gasteiger partial charge in [-0.1, -0.05) is 0 Å². The van der Waals surface area contributed by atoms with Crippen molar-refractivity contribution in [2.24, 2.45) is 0 Å². The topological polar surface area (TPSA) is 83.6 Å². The van der Waals surface area contributed by atoms with Gasteiger partial charge < -0.3 is 9.52 Å². The van der Waals surface area contributed by atoms with E-state index < -0.39 is 29.3 Å². The quantitative estimate of drug-likeness (QED) is 0.634. The molecule has 1 N–H and O–H groups in total. The molecule has 2 aromatic heterocycles. The molecule has 3 aromatic rings. The van der Waals surface area contributed by atoms with Gasteiger partial charge in [0.05, 0.1) is 21.2 Å². The van der Waals surface area contributed by atoms with E-state index >= 15 is 0 Å². The predicted octanol–water partition coefficient (Wildman–Crippen LogP) is 4.58. The van der Waals surface area contributed by atoms with E-state index in [0.29, 0.717) is 32.8 Å². The van der Waals surface area contributed by atoms with Crippen LogP contribution in [0.15, 0.2) is 52.1 Å². The van der Waals surface area contributed by atoms with E-state index in [1.165, 1.54) is 40.5 Å². The van der Waals surface area contributed by atoms with E-state index in [-0.39, 0.29) is 5.57 Å². The number of aromatic nitrogens is 1. The van der Waals surface area contributed by atoms with Crippen molar-refractivity contribution in [1.29, 1.82) is 0 Å². The van der Waals surface area contributed by atoms with Gasteiger partial charge in [-0.15, -0.1) is 11.3 Å². The normalized spacial score (nSPS) is 16.8. The molecular formula is C21H17FN2O4S. The summed E-state index contributed by atoms with van der Waals surface area (Å²) in [5, 5.41) is 11.4. The molecule has 0 aliphatic carbocycles. The highest BCUT2D eigenvalue weighted by Gasteiger charge is 2.46. The Hall–Kier alpha value is -3.26. The van der Waals surface area contributed by atoms with Gasteiger partial charge >= 0.3 is 0 Å². The first-order valence-electron chi connectivity index (χ1n) is 8.85. The highest BCUT2D eigenvalue weighted by atomic mass is 32.1. The van der Waals surface area contributed by atoms with Crippen LogP contribution in [-0.4, -0.2) is 21.8 Å². The number of aryl methyl sites for hydroxylation is 3. The van der Waals surface area contributed by atoms with Crippen molar-refractivity contribution in [3.63, 3.8) is 0 Å². The predicted molar refractivity (Wildman–Crippen MR) is 106 cm³/mol. The summed E-state index contributed by atoms with van der Waals surface area (Å²) >= 11 is 1.20. The second-order valence-corrected chi connectivity index (χ2v) is 7.94. The Bertz CT molecular complexity index is 1160. The smallest absolute Gasteiger partial charge is 0.294 e. The average molecular weight is 412 g/mol. The third-order valence-corrected chi connectivity index (χ3v) is 5.77. The maximum absolute atomic E-state index is 13.4. The standard InChI is InChI=1S/C21H17FN2O4S/c1-10-4-9-15(28-10)17-16(18(25)20-11(2)23-12(3)29-20)19(26)21(27)24(17)14-7-5-13(22)6-8-14/h4-9,17,26H,1-3H3. The number of anilines is 1. The Labute approximate surface area is 169 Å². The summed E-state index contributed by atoms with van der Waals surface area (Å²) in [7, 11) is 0. The number of carbonyl (C=O) groups excluding carboxylic acids is 2. The van der Waals surface area contributed by atoms with E-state index in [1.54, 1.807) is 32.9 Å². The lowest BCUT2D eigenvalue weighted by molar-refractivity contribution is -0.117. The average Bonchev–Trinajstić information content (AvgIpc) is 3.32. The Morgan fingerprint density at radius 2 is 1.86 bits per heavy atom. The molecule has 148 valence electrons. The number of carbonyl (C=O) groups is 2. The molecule has 8 heteroatoms. The van der Waals surface area contributed by atoms with Gasteiger partial charge in [-0.25, -0.2) is 9.37 Å². The van der Waals surface area contributed by atoms with E-state index in [2.05, 4.69) is 4.98 Å². The Kier molecular flexibility index (Phi) is 4.58. The minimum atomic E-state index is -0.976. The summed E-state index contributed by atoms with van der Waals surface area (Å²) in [6.45, 7) is 5.22. The number of nitrogens with zero attached hydrogens (tertiary/aromatic N) is 2. The number of thiazole rings is 1. The number of rotatable bonds is 4. The van der Waals surface area contributed by atoms with Gasteiger partial charge in [0.1, 0.15) is 23.4 Å². The lowest BCUT2D eigenvalue weighted by Crippen LogP contribution is -2.30. The van der Waals surface area contributed by atoms with Crippen LogP contribution in [0.1, 0.15) is 37.9 Å². The molecule has 0 spiro atoms. The molecule has 1 atom stereocenters. The first-order valence-corrected chi connectivity index (χ1v) is 9.67. The molecule has 1 aromatic carbocycles. The fourth-order valence-electron chi connectivity index (χ4n) is 3.44. The summed E-state index contributed by atoms with van der Waals surface area (Å²) < 4.78 is 19.1. The Balaban J connectivity index is 1.88. The summed E-state index contributed by atoms with van der Waals surface area (Å²) in [5.41, 5.74) is 0.780. The highest BCUT2D eigenvalue weighted by molar-refractivity contribution is 7.14. The van der Waals surface area contributed by atoms with Gasteiger partial charge in [0.25, 0.3) is 5.91 Å². The minimum Gasteiger partial charge on any atom is -0.503 e.